The van der Waals surface area contributed by atoms with Crippen LogP contribution in [0.5, 0.6) is 5.75 Å². The molecule has 6 heteroatoms. The van der Waals surface area contributed by atoms with Crippen LogP contribution < -0.4 is 10.1 Å². The summed E-state index contributed by atoms with van der Waals surface area (Å²) in [5.74, 6) is 0.185. The van der Waals surface area contributed by atoms with Gasteiger partial charge in [-0.1, -0.05) is 19.1 Å². The average Bonchev–Trinajstić information content (AvgIpc) is 2.82. The van der Waals surface area contributed by atoms with Gasteiger partial charge in [0.2, 0.25) is 0 Å². The Kier molecular flexibility index (Phi) is 7.61. The number of aryl methyl sites for hydroxylation is 1. The normalized spacial score (nSPS) is 11.3. The molecule has 31 heavy (non-hydrogen) atoms. The molecule has 0 spiro atoms. The first kappa shape index (κ1) is 21.8. The molecular formula is C25H25N3O3. The van der Waals surface area contributed by atoms with Crippen molar-refractivity contribution in [2.75, 3.05) is 11.9 Å². The second-order valence-electron chi connectivity index (χ2n) is 6.85. The SMILES string of the molecule is CCOC(=O)C(Nc1ccc(C#N)cc1)c1cc(CC)ccc1OCc1ccccn1. The molecule has 0 fully saturated rings. The van der Waals surface area contributed by atoms with E-state index in [9.17, 15) is 4.79 Å². The van der Waals surface area contributed by atoms with Crippen LogP contribution in [0.25, 0.3) is 0 Å². The molecule has 6 nitrogen and oxygen atoms in total. The number of hydrogen-bond donors (Lipinski definition) is 1. The summed E-state index contributed by atoms with van der Waals surface area (Å²) in [6.07, 6.45) is 2.54. The van der Waals surface area contributed by atoms with Gasteiger partial charge in [-0.3, -0.25) is 4.98 Å². The van der Waals surface area contributed by atoms with Gasteiger partial charge in [0.1, 0.15) is 12.4 Å². The Bertz CT molecular complexity index is 1040. The molecule has 1 N–H and O–H groups in total. The number of rotatable bonds is 9. The number of carbonyl (C=O) groups is 1. The largest absolute Gasteiger partial charge is 0.487 e. The van der Waals surface area contributed by atoms with Crippen molar-refractivity contribution in [3.05, 3.63) is 89.2 Å². The maximum Gasteiger partial charge on any atom is 0.333 e. The summed E-state index contributed by atoms with van der Waals surface area (Å²) in [4.78, 5) is 17.2. The second-order valence-corrected chi connectivity index (χ2v) is 6.85. The van der Waals surface area contributed by atoms with E-state index in [0.717, 1.165) is 17.7 Å². The number of pyridine rings is 1. The lowest BCUT2D eigenvalue weighted by atomic mass is 10.0. The summed E-state index contributed by atoms with van der Waals surface area (Å²) in [7, 11) is 0. The van der Waals surface area contributed by atoms with Crippen molar-refractivity contribution in [1.82, 2.24) is 4.98 Å². The number of aromatic nitrogens is 1. The summed E-state index contributed by atoms with van der Waals surface area (Å²) in [6.45, 7) is 4.38. The molecule has 0 amide bonds. The topological polar surface area (TPSA) is 84.2 Å². The zero-order valence-corrected chi connectivity index (χ0v) is 17.7. The van der Waals surface area contributed by atoms with Gasteiger partial charge in [0.25, 0.3) is 0 Å². The highest BCUT2D eigenvalue weighted by atomic mass is 16.5. The molecule has 1 aromatic heterocycles. The Morgan fingerprint density at radius 1 is 1.13 bits per heavy atom. The molecule has 0 radical (unpaired) electrons. The van der Waals surface area contributed by atoms with Crippen LogP contribution in [0.4, 0.5) is 5.69 Å². The van der Waals surface area contributed by atoms with Crippen molar-refractivity contribution in [3.8, 4) is 11.8 Å². The number of benzene rings is 2. The van der Waals surface area contributed by atoms with Gasteiger partial charge in [-0.05, 0) is 67.4 Å². The van der Waals surface area contributed by atoms with E-state index in [1.807, 2.05) is 36.4 Å². The summed E-state index contributed by atoms with van der Waals surface area (Å²) < 4.78 is 11.4. The van der Waals surface area contributed by atoms with Gasteiger partial charge in [0, 0.05) is 17.4 Å². The molecule has 3 aromatic rings. The van der Waals surface area contributed by atoms with Crippen molar-refractivity contribution >= 4 is 11.7 Å². The monoisotopic (exact) mass is 415 g/mol. The first-order valence-electron chi connectivity index (χ1n) is 10.2. The van der Waals surface area contributed by atoms with Crippen molar-refractivity contribution in [1.29, 1.82) is 5.26 Å². The molecule has 1 unspecified atom stereocenters. The number of nitriles is 1. The predicted molar refractivity (Wildman–Crippen MR) is 119 cm³/mol. The van der Waals surface area contributed by atoms with Crippen LogP contribution in [0.2, 0.25) is 0 Å². The maximum absolute atomic E-state index is 12.9. The average molecular weight is 415 g/mol. The zero-order chi connectivity index (χ0) is 22.1. The van der Waals surface area contributed by atoms with Gasteiger partial charge in [-0.2, -0.15) is 5.26 Å². The number of hydrogen-bond acceptors (Lipinski definition) is 6. The third-order valence-electron chi connectivity index (χ3n) is 4.74. The molecule has 3 rings (SSSR count). The van der Waals surface area contributed by atoms with Crippen LogP contribution in [0.15, 0.2) is 66.9 Å². The van der Waals surface area contributed by atoms with Crippen LogP contribution in [-0.4, -0.2) is 17.6 Å². The highest BCUT2D eigenvalue weighted by Gasteiger charge is 2.26. The molecule has 158 valence electrons. The van der Waals surface area contributed by atoms with E-state index < -0.39 is 12.0 Å². The lowest BCUT2D eigenvalue weighted by Gasteiger charge is -2.22. The molecule has 1 heterocycles. The fraction of sp³-hybridized carbons (Fsp3) is 0.240. The molecule has 0 bridgehead atoms. The standard InChI is InChI=1S/C25H25N3O3/c1-3-18-10-13-23(31-17-21-7-5-6-14-27-21)22(15-18)24(25(29)30-4-2)28-20-11-8-19(16-26)9-12-20/h5-15,24,28H,3-4,17H2,1-2H3. The Labute approximate surface area is 182 Å². The lowest BCUT2D eigenvalue weighted by molar-refractivity contribution is -0.144. The number of nitrogens with zero attached hydrogens (tertiary/aromatic N) is 2. The maximum atomic E-state index is 12.9. The molecule has 0 saturated heterocycles. The minimum Gasteiger partial charge on any atom is -0.487 e. The van der Waals surface area contributed by atoms with Gasteiger partial charge in [-0.15, -0.1) is 0 Å². The van der Waals surface area contributed by atoms with Crippen molar-refractivity contribution in [2.24, 2.45) is 0 Å². The smallest absolute Gasteiger partial charge is 0.333 e. The Hall–Kier alpha value is -3.85. The first-order chi connectivity index (χ1) is 15.1. The summed E-state index contributed by atoms with van der Waals surface area (Å²) >= 11 is 0. The second kappa shape index (κ2) is 10.8. The third kappa shape index (κ3) is 5.83. The van der Waals surface area contributed by atoms with Crippen LogP contribution in [-0.2, 0) is 22.6 Å². The number of esters is 1. The molecule has 0 aliphatic heterocycles. The van der Waals surface area contributed by atoms with E-state index in [4.69, 9.17) is 14.7 Å². The summed E-state index contributed by atoms with van der Waals surface area (Å²) in [5, 5.41) is 12.3. The Morgan fingerprint density at radius 2 is 1.94 bits per heavy atom. The van der Waals surface area contributed by atoms with Crippen LogP contribution in [0.3, 0.4) is 0 Å². The third-order valence-corrected chi connectivity index (χ3v) is 4.74. The quantitative estimate of drug-likeness (QED) is 0.505. The van der Waals surface area contributed by atoms with Gasteiger partial charge in [0.15, 0.2) is 6.04 Å². The van der Waals surface area contributed by atoms with Crippen LogP contribution in [0, 0.1) is 11.3 Å². The number of nitrogens with one attached hydrogen (secondary N) is 1. The highest BCUT2D eigenvalue weighted by molar-refractivity contribution is 5.82. The van der Waals surface area contributed by atoms with E-state index in [2.05, 4.69) is 23.3 Å². The van der Waals surface area contributed by atoms with Crippen LogP contribution in [0.1, 0.15) is 42.3 Å². The van der Waals surface area contributed by atoms with E-state index in [1.54, 1.807) is 37.4 Å². The van der Waals surface area contributed by atoms with Crippen LogP contribution >= 0.6 is 0 Å². The molecular weight excluding hydrogens is 390 g/mol. The van der Waals surface area contributed by atoms with Gasteiger partial charge >= 0.3 is 5.97 Å². The van der Waals surface area contributed by atoms with E-state index >= 15 is 0 Å². The molecule has 2 aromatic carbocycles. The van der Waals surface area contributed by atoms with Gasteiger partial charge < -0.3 is 14.8 Å². The highest BCUT2D eigenvalue weighted by Crippen LogP contribution is 2.31. The van der Waals surface area contributed by atoms with Gasteiger partial charge in [-0.25, -0.2) is 4.79 Å². The minimum absolute atomic E-state index is 0.266. The van der Waals surface area contributed by atoms with Crippen molar-refractivity contribution in [3.63, 3.8) is 0 Å². The van der Waals surface area contributed by atoms with E-state index in [0.29, 0.717) is 22.6 Å². The number of anilines is 1. The fourth-order valence-corrected chi connectivity index (χ4v) is 3.11. The van der Waals surface area contributed by atoms with E-state index in [1.165, 1.54) is 0 Å². The first-order valence-corrected chi connectivity index (χ1v) is 10.2. The summed E-state index contributed by atoms with van der Waals surface area (Å²) in [5.41, 5.74) is 3.81. The Morgan fingerprint density at radius 3 is 2.58 bits per heavy atom. The number of ether oxygens (including phenoxy) is 2. The van der Waals surface area contributed by atoms with E-state index in [-0.39, 0.29) is 13.2 Å². The lowest BCUT2D eigenvalue weighted by Crippen LogP contribution is -2.24. The molecule has 1 atom stereocenters. The number of carbonyl (C=O) groups excluding carboxylic acids is 1. The molecule has 0 aliphatic rings. The summed E-state index contributed by atoms with van der Waals surface area (Å²) in [6, 6.07) is 19.7. The predicted octanol–water partition coefficient (Wildman–Crippen LogP) is 4.81. The molecule has 0 saturated carbocycles. The van der Waals surface area contributed by atoms with Gasteiger partial charge in [0.05, 0.1) is 23.9 Å². The zero-order valence-electron chi connectivity index (χ0n) is 17.7. The van der Waals surface area contributed by atoms with Crippen molar-refractivity contribution in [2.45, 2.75) is 32.9 Å². The molecule has 0 aliphatic carbocycles. The minimum atomic E-state index is -0.766. The fourth-order valence-electron chi connectivity index (χ4n) is 3.11. The Balaban J connectivity index is 1.94. The van der Waals surface area contributed by atoms with Crippen molar-refractivity contribution < 1.29 is 14.3 Å².